The summed E-state index contributed by atoms with van der Waals surface area (Å²) in [6, 6.07) is 9.90. The van der Waals surface area contributed by atoms with Gasteiger partial charge in [0.1, 0.15) is 0 Å². The molecule has 2 rings (SSSR count). The predicted octanol–water partition coefficient (Wildman–Crippen LogP) is 2.66. The molecule has 3 heteroatoms. The lowest BCUT2D eigenvalue weighted by molar-refractivity contribution is 0.0685. The van der Waals surface area contributed by atoms with Gasteiger partial charge in [-0.1, -0.05) is 18.2 Å². The molecule has 90 valence electrons. The number of ether oxygens (including phenoxy) is 1. The zero-order chi connectivity index (χ0) is 12.3. The Morgan fingerprint density at radius 3 is 2.82 bits per heavy atom. The quantitative estimate of drug-likeness (QED) is 0.878. The van der Waals surface area contributed by atoms with Gasteiger partial charge < -0.3 is 10.5 Å². The highest BCUT2D eigenvalue weighted by Crippen LogP contribution is 2.21. The largest absolute Gasteiger partial charge is 0.377 e. The minimum Gasteiger partial charge on any atom is -0.377 e. The SMILES string of the molecule is CC(C)OCC(N)c1cccc2ncccc12. The molecule has 0 saturated heterocycles. The van der Waals surface area contributed by atoms with Crippen molar-refractivity contribution in [3.05, 3.63) is 42.1 Å². The Hall–Kier alpha value is -1.45. The van der Waals surface area contributed by atoms with Gasteiger partial charge in [0.05, 0.1) is 24.3 Å². The number of hydrogen-bond acceptors (Lipinski definition) is 3. The Labute approximate surface area is 102 Å². The fourth-order valence-electron chi connectivity index (χ4n) is 1.84. The summed E-state index contributed by atoms with van der Waals surface area (Å²) < 4.78 is 5.56. The zero-order valence-corrected chi connectivity index (χ0v) is 10.3. The second-order valence-electron chi connectivity index (χ2n) is 4.41. The van der Waals surface area contributed by atoms with Gasteiger partial charge in [0.25, 0.3) is 0 Å². The first-order chi connectivity index (χ1) is 8.18. The predicted molar refractivity (Wildman–Crippen MR) is 69.8 cm³/mol. The minimum atomic E-state index is -0.106. The van der Waals surface area contributed by atoms with Gasteiger partial charge in [-0.25, -0.2) is 0 Å². The Kier molecular flexibility index (Phi) is 3.71. The van der Waals surface area contributed by atoms with E-state index in [1.54, 1.807) is 6.20 Å². The third-order valence-corrected chi connectivity index (χ3v) is 2.69. The van der Waals surface area contributed by atoms with E-state index in [1.807, 2.05) is 44.2 Å². The molecule has 0 saturated carbocycles. The van der Waals surface area contributed by atoms with E-state index in [4.69, 9.17) is 10.5 Å². The van der Waals surface area contributed by atoms with Gasteiger partial charge in [-0.05, 0) is 31.5 Å². The molecule has 2 aromatic rings. The number of hydrogen-bond donors (Lipinski definition) is 1. The first kappa shape index (κ1) is 12.0. The van der Waals surface area contributed by atoms with E-state index < -0.39 is 0 Å². The molecule has 0 aliphatic heterocycles. The molecule has 1 aromatic heterocycles. The van der Waals surface area contributed by atoms with Crippen molar-refractivity contribution in [2.75, 3.05) is 6.61 Å². The molecule has 0 spiro atoms. The second-order valence-corrected chi connectivity index (χ2v) is 4.41. The van der Waals surface area contributed by atoms with E-state index in [0.29, 0.717) is 6.61 Å². The van der Waals surface area contributed by atoms with Crippen LogP contribution in [0.25, 0.3) is 10.9 Å². The number of pyridine rings is 1. The molecular formula is C14H18N2O. The van der Waals surface area contributed by atoms with Crippen LogP contribution in [0, 0.1) is 0 Å². The van der Waals surface area contributed by atoms with Gasteiger partial charge in [-0.2, -0.15) is 0 Å². The highest BCUT2D eigenvalue weighted by Gasteiger charge is 2.10. The molecule has 0 amide bonds. The highest BCUT2D eigenvalue weighted by molar-refractivity contribution is 5.82. The molecule has 1 heterocycles. The van der Waals surface area contributed by atoms with Crippen LogP contribution in [0.4, 0.5) is 0 Å². The molecule has 0 fully saturated rings. The minimum absolute atomic E-state index is 0.106. The normalized spacial score (nSPS) is 13.2. The number of nitrogens with two attached hydrogens (primary N) is 1. The standard InChI is InChI=1S/C14H18N2O/c1-10(2)17-9-13(15)11-5-3-7-14-12(11)6-4-8-16-14/h3-8,10,13H,9,15H2,1-2H3. The summed E-state index contributed by atoms with van der Waals surface area (Å²) in [4.78, 5) is 4.32. The first-order valence-electron chi connectivity index (χ1n) is 5.89. The summed E-state index contributed by atoms with van der Waals surface area (Å²) in [6.45, 7) is 4.56. The van der Waals surface area contributed by atoms with Gasteiger partial charge in [0.2, 0.25) is 0 Å². The van der Waals surface area contributed by atoms with Crippen molar-refractivity contribution in [2.45, 2.75) is 26.0 Å². The maximum Gasteiger partial charge on any atom is 0.0705 e. The Morgan fingerprint density at radius 2 is 2.06 bits per heavy atom. The summed E-state index contributed by atoms with van der Waals surface area (Å²) in [5, 5.41) is 1.11. The van der Waals surface area contributed by atoms with E-state index in [2.05, 4.69) is 4.98 Å². The fraction of sp³-hybridized carbons (Fsp3) is 0.357. The Bertz CT molecular complexity index is 491. The summed E-state index contributed by atoms with van der Waals surface area (Å²) in [5.74, 6) is 0. The monoisotopic (exact) mass is 230 g/mol. The Morgan fingerprint density at radius 1 is 1.24 bits per heavy atom. The molecule has 0 aliphatic rings. The van der Waals surface area contributed by atoms with Crippen molar-refractivity contribution in [3.63, 3.8) is 0 Å². The van der Waals surface area contributed by atoms with Gasteiger partial charge in [0.15, 0.2) is 0 Å². The molecular weight excluding hydrogens is 212 g/mol. The van der Waals surface area contributed by atoms with Crippen molar-refractivity contribution in [1.29, 1.82) is 0 Å². The van der Waals surface area contributed by atoms with Gasteiger partial charge in [0, 0.05) is 11.6 Å². The molecule has 3 nitrogen and oxygen atoms in total. The number of rotatable bonds is 4. The molecule has 2 N–H and O–H groups in total. The van der Waals surface area contributed by atoms with Crippen LogP contribution >= 0.6 is 0 Å². The molecule has 0 aliphatic carbocycles. The lowest BCUT2D eigenvalue weighted by Gasteiger charge is -2.16. The molecule has 1 aromatic carbocycles. The van der Waals surface area contributed by atoms with Crippen molar-refractivity contribution in [3.8, 4) is 0 Å². The van der Waals surface area contributed by atoms with Crippen LogP contribution in [-0.4, -0.2) is 17.7 Å². The molecule has 1 unspecified atom stereocenters. The number of fused-ring (bicyclic) bond motifs is 1. The number of aromatic nitrogens is 1. The zero-order valence-electron chi connectivity index (χ0n) is 10.3. The van der Waals surface area contributed by atoms with E-state index in [1.165, 1.54) is 0 Å². The molecule has 17 heavy (non-hydrogen) atoms. The summed E-state index contributed by atoms with van der Waals surface area (Å²) in [6.07, 6.45) is 2.00. The molecule has 0 bridgehead atoms. The van der Waals surface area contributed by atoms with Crippen LogP contribution < -0.4 is 5.73 Å². The third-order valence-electron chi connectivity index (χ3n) is 2.69. The summed E-state index contributed by atoms with van der Waals surface area (Å²) in [7, 11) is 0. The van der Waals surface area contributed by atoms with Gasteiger partial charge in [-0.3, -0.25) is 4.98 Å². The van der Waals surface area contributed by atoms with Crippen LogP contribution in [-0.2, 0) is 4.74 Å². The van der Waals surface area contributed by atoms with Crippen molar-refractivity contribution in [2.24, 2.45) is 5.73 Å². The topological polar surface area (TPSA) is 48.1 Å². The first-order valence-corrected chi connectivity index (χ1v) is 5.89. The van der Waals surface area contributed by atoms with Crippen LogP contribution in [0.2, 0.25) is 0 Å². The summed E-state index contributed by atoms with van der Waals surface area (Å²) in [5.41, 5.74) is 8.23. The second kappa shape index (κ2) is 5.25. The van der Waals surface area contributed by atoms with Crippen molar-refractivity contribution in [1.82, 2.24) is 4.98 Å². The van der Waals surface area contributed by atoms with E-state index >= 15 is 0 Å². The van der Waals surface area contributed by atoms with Gasteiger partial charge in [-0.15, -0.1) is 0 Å². The van der Waals surface area contributed by atoms with E-state index in [9.17, 15) is 0 Å². The van der Waals surface area contributed by atoms with Crippen molar-refractivity contribution < 1.29 is 4.74 Å². The maximum absolute atomic E-state index is 6.16. The van der Waals surface area contributed by atoms with Crippen LogP contribution in [0.15, 0.2) is 36.5 Å². The smallest absolute Gasteiger partial charge is 0.0705 e. The lowest BCUT2D eigenvalue weighted by Crippen LogP contribution is -2.19. The van der Waals surface area contributed by atoms with Crippen LogP contribution in [0.3, 0.4) is 0 Å². The maximum atomic E-state index is 6.16. The van der Waals surface area contributed by atoms with Crippen LogP contribution in [0.5, 0.6) is 0 Å². The third kappa shape index (κ3) is 2.81. The highest BCUT2D eigenvalue weighted by atomic mass is 16.5. The van der Waals surface area contributed by atoms with Gasteiger partial charge >= 0.3 is 0 Å². The van der Waals surface area contributed by atoms with Crippen molar-refractivity contribution >= 4 is 10.9 Å². The summed E-state index contributed by atoms with van der Waals surface area (Å²) >= 11 is 0. The van der Waals surface area contributed by atoms with E-state index in [0.717, 1.165) is 16.5 Å². The molecule has 1 atom stereocenters. The Balaban J connectivity index is 2.28. The lowest BCUT2D eigenvalue weighted by atomic mass is 10.0. The van der Waals surface area contributed by atoms with Crippen LogP contribution in [0.1, 0.15) is 25.5 Å². The average molecular weight is 230 g/mol. The number of benzene rings is 1. The molecule has 0 radical (unpaired) electrons. The van der Waals surface area contributed by atoms with E-state index in [-0.39, 0.29) is 12.1 Å². The fourth-order valence-corrected chi connectivity index (χ4v) is 1.84. The average Bonchev–Trinajstić information content (AvgIpc) is 2.35. The number of nitrogens with zero attached hydrogens (tertiary/aromatic N) is 1.